The van der Waals surface area contributed by atoms with Crippen molar-refractivity contribution in [2.24, 2.45) is 0 Å². The SMILES string of the molecule is Cc1ccccc1-c1cc(CO)ccc1C(=O)NC(C)(CCS(C)(=O)=O)C(=O)O. The molecule has 2 aromatic carbocycles. The molecule has 0 saturated heterocycles. The minimum Gasteiger partial charge on any atom is -0.480 e. The lowest BCUT2D eigenvalue weighted by molar-refractivity contribution is -0.143. The van der Waals surface area contributed by atoms with Crippen molar-refractivity contribution in [2.75, 3.05) is 12.0 Å². The first-order valence-electron chi connectivity index (χ1n) is 9.00. The van der Waals surface area contributed by atoms with Crippen molar-refractivity contribution >= 4 is 21.7 Å². The lowest BCUT2D eigenvalue weighted by atomic mass is 9.92. The number of carboxylic acid groups (broad SMARTS) is 1. The fourth-order valence-corrected chi connectivity index (χ4v) is 3.70. The van der Waals surface area contributed by atoms with E-state index in [9.17, 15) is 28.2 Å². The Morgan fingerprint density at radius 2 is 1.76 bits per heavy atom. The van der Waals surface area contributed by atoms with Gasteiger partial charge in [-0.05, 0) is 54.7 Å². The number of aliphatic carboxylic acids is 1. The number of carbonyl (C=O) groups is 2. The highest BCUT2D eigenvalue weighted by atomic mass is 32.2. The zero-order chi connectivity index (χ0) is 21.8. The highest BCUT2D eigenvalue weighted by Gasteiger charge is 2.36. The second-order valence-electron chi connectivity index (χ2n) is 7.32. The maximum absolute atomic E-state index is 13.0. The highest BCUT2D eigenvalue weighted by molar-refractivity contribution is 7.90. The van der Waals surface area contributed by atoms with E-state index in [2.05, 4.69) is 5.32 Å². The van der Waals surface area contributed by atoms with Crippen LogP contribution in [0.2, 0.25) is 0 Å². The number of carboxylic acids is 1. The van der Waals surface area contributed by atoms with Gasteiger partial charge >= 0.3 is 5.97 Å². The molecule has 0 bridgehead atoms. The molecule has 3 N–H and O–H groups in total. The van der Waals surface area contributed by atoms with Gasteiger partial charge in [-0.3, -0.25) is 4.79 Å². The number of aliphatic hydroxyl groups excluding tert-OH is 1. The van der Waals surface area contributed by atoms with Gasteiger partial charge in [0.15, 0.2) is 0 Å². The Labute approximate surface area is 170 Å². The van der Waals surface area contributed by atoms with Crippen LogP contribution in [-0.4, -0.2) is 48.1 Å². The van der Waals surface area contributed by atoms with Crippen molar-refractivity contribution < 1.29 is 28.2 Å². The van der Waals surface area contributed by atoms with E-state index in [-0.39, 0.29) is 24.3 Å². The largest absolute Gasteiger partial charge is 0.480 e. The Bertz CT molecular complexity index is 1030. The lowest BCUT2D eigenvalue weighted by Crippen LogP contribution is -2.53. The summed E-state index contributed by atoms with van der Waals surface area (Å²) in [5.74, 6) is -2.32. The van der Waals surface area contributed by atoms with E-state index in [4.69, 9.17) is 0 Å². The second kappa shape index (κ2) is 8.75. The molecule has 2 aromatic rings. The number of amides is 1. The third-order valence-corrected chi connectivity index (χ3v) is 5.73. The van der Waals surface area contributed by atoms with Crippen molar-refractivity contribution in [1.29, 1.82) is 0 Å². The predicted molar refractivity (Wildman–Crippen MR) is 110 cm³/mol. The fraction of sp³-hybridized carbons (Fsp3) is 0.333. The summed E-state index contributed by atoms with van der Waals surface area (Å²) in [7, 11) is -3.40. The molecular formula is C21H25NO6S. The Kier molecular flexibility index (Phi) is 6.81. The highest BCUT2D eigenvalue weighted by Crippen LogP contribution is 2.29. The molecule has 1 amide bonds. The molecule has 156 valence electrons. The van der Waals surface area contributed by atoms with Crippen molar-refractivity contribution in [2.45, 2.75) is 32.4 Å². The standard InChI is InChI=1S/C21H25NO6S/c1-14-6-4-5-7-16(14)18-12-15(13-23)8-9-17(18)19(24)22-21(2,20(25)26)10-11-29(3,27)28/h4-9,12,23H,10-11,13H2,1-3H3,(H,22,24)(H,25,26). The molecule has 29 heavy (non-hydrogen) atoms. The van der Waals surface area contributed by atoms with Gasteiger partial charge in [0.1, 0.15) is 15.4 Å². The van der Waals surface area contributed by atoms with Crippen LogP contribution in [0.1, 0.15) is 34.8 Å². The molecule has 0 saturated carbocycles. The van der Waals surface area contributed by atoms with Gasteiger partial charge in [0.2, 0.25) is 0 Å². The monoisotopic (exact) mass is 419 g/mol. The van der Waals surface area contributed by atoms with Gasteiger partial charge in [0.25, 0.3) is 5.91 Å². The van der Waals surface area contributed by atoms with Crippen LogP contribution in [0, 0.1) is 6.92 Å². The summed E-state index contributed by atoms with van der Waals surface area (Å²) in [4.78, 5) is 24.8. The van der Waals surface area contributed by atoms with Gasteiger partial charge in [0, 0.05) is 11.8 Å². The van der Waals surface area contributed by atoms with E-state index in [1.807, 2.05) is 31.2 Å². The molecule has 0 aliphatic heterocycles. The van der Waals surface area contributed by atoms with Gasteiger partial charge in [-0.15, -0.1) is 0 Å². The normalized spacial score (nSPS) is 13.5. The Morgan fingerprint density at radius 1 is 1.10 bits per heavy atom. The van der Waals surface area contributed by atoms with Gasteiger partial charge in [-0.2, -0.15) is 0 Å². The van der Waals surface area contributed by atoms with Gasteiger partial charge in [0.05, 0.1) is 12.4 Å². The molecule has 0 aliphatic carbocycles. The smallest absolute Gasteiger partial charge is 0.329 e. The molecule has 0 radical (unpaired) electrons. The van der Waals surface area contributed by atoms with Gasteiger partial charge < -0.3 is 15.5 Å². The van der Waals surface area contributed by atoms with Crippen LogP contribution in [-0.2, 0) is 21.2 Å². The van der Waals surface area contributed by atoms with E-state index < -0.39 is 27.3 Å². The molecule has 7 nitrogen and oxygen atoms in total. The number of rotatable bonds is 8. The maximum Gasteiger partial charge on any atom is 0.329 e. The van der Waals surface area contributed by atoms with Crippen molar-refractivity contribution in [3.05, 3.63) is 59.2 Å². The van der Waals surface area contributed by atoms with E-state index in [0.717, 1.165) is 17.4 Å². The minimum atomic E-state index is -3.40. The van der Waals surface area contributed by atoms with Crippen LogP contribution in [0.4, 0.5) is 0 Å². The van der Waals surface area contributed by atoms with E-state index in [1.54, 1.807) is 12.1 Å². The summed E-state index contributed by atoms with van der Waals surface area (Å²) < 4.78 is 22.9. The molecule has 8 heteroatoms. The Hall–Kier alpha value is -2.71. The molecule has 0 heterocycles. The molecule has 0 aromatic heterocycles. The molecule has 0 fully saturated rings. The first kappa shape index (κ1) is 22.6. The summed E-state index contributed by atoms with van der Waals surface area (Å²) >= 11 is 0. The summed E-state index contributed by atoms with van der Waals surface area (Å²) in [6, 6.07) is 12.2. The van der Waals surface area contributed by atoms with Crippen LogP contribution < -0.4 is 5.32 Å². The van der Waals surface area contributed by atoms with E-state index >= 15 is 0 Å². The maximum atomic E-state index is 13.0. The first-order chi connectivity index (χ1) is 13.5. The average molecular weight is 419 g/mol. The molecule has 0 aliphatic rings. The number of carbonyl (C=O) groups excluding carboxylic acids is 1. The van der Waals surface area contributed by atoms with Crippen LogP contribution >= 0.6 is 0 Å². The van der Waals surface area contributed by atoms with E-state index in [0.29, 0.717) is 11.1 Å². The molecule has 1 atom stereocenters. The predicted octanol–water partition coefficient (Wildman–Crippen LogP) is 2.16. The molecule has 0 spiro atoms. The lowest BCUT2D eigenvalue weighted by Gasteiger charge is -2.26. The van der Waals surface area contributed by atoms with Crippen molar-refractivity contribution in [3.63, 3.8) is 0 Å². The second-order valence-corrected chi connectivity index (χ2v) is 9.58. The number of aryl methyl sites for hydroxylation is 1. The van der Waals surface area contributed by atoms with Gasteiger partial charge in [-0.25, -0.2) is 13.2 Å². The minimum absolute atomic E-state index is 0.206. The summed E-state index contributed by atoms with van der Waals surface area (Å²) in [5, 5.41) is 21.6. The number of hydrogen-bond acceptors (Lipinski definition) is 5. The van der Waals surface area contributed by atoms with Crippen molar-refractivity contribution in [1.82, 2.24) is 5.32 Å². The van der Waals surface area contributed by atoms with E-state index in [1.165, 1.54) is 13.0 Å². The Balaban J connectivity index is 2.46. The van der Waals surface area contributed by atoms with Crippen LogP contribution in [0.25, 0.3) is 11.1 Å². The van der Waals surface area contributed by atoms with Crippen molar-refractivity contribution in [3.8, 4) is 11.1 Å². The number of aliphatic hydroxyl groups is 1. The molecule has 2 rings (SSSR count). The zero-order valence-electron chi connectivity index (χ0n) is 16.6. The first-order valence-corrected chi connectivity index (χ1v) is 11.1. The average Bonchev–Trinajstić information content (AvgIpc) is 2.65. The number of nitrogens with one attached hydrogen (secondary N) is 1. The van der Waals surface area contributed by atoms with Crippen LogP contribution in [0.15, 0.2) is 42.5 Å². The zero-order valence-corrected chi connectivity index (χ0v) is 17.4. The summed E-state index contributed by atoms with van der Waals surface area (Å²) in [6.07, 6.45) is 0.752. The number of benzene rings is 2. The third-order valence-electron chi connectivity index (χ3n) is 4.78. The third kappa shape index (κ3) is 5.65. The molecule has 1 unspecified atom stereocenters. The summed E-state index contributed by atoms with van der Waals surface area (Å²) in [6.45, 7) is 2.96. The molecular weight excluding hydrogens is 394 g/mol. The number of sulfone groups is 1. The van der Waals surface area contributed by atoms with Crippen LogP contribution in [0.5, 0.6) is 0 Å². The van der Waals surface area contributed by atoms with Gasteiger partial charge in [-0.1, -0.05) is 30.3 Å². The number of hydrogen-bond donors (Lipinski definition) is 3. The summed E-state index contributed by atoms with van der Waals surface area (Å²) in [5.41, 5.74) is 1.35. The quantitative estimate of drug-likeness (QED) is 0.603. The van der Waals surface area contributed by atoms with Crippen LogP contribution in [0.3, 0.4) is 0 Å². The fourth-order valence-electron chi connectivity index (χ4n) is 2.92. The topological polar surface area (TPSA) is 121 Å². The Morgan fingerprint density at radius 3 is 2.31 bits per heavy atom.